The molecular formula is C29H36FN3O3. The maximum atomic E-state index is 13.6. The van der Waals surface area contributed by atoms with Gasteiger partial charge in [-0.3, -0.25) is 9.59 Å². The second-order valence-corrected chi connectivity index (χ2v) is 9.99. The maximum Gasteiger partial charge on any atom is 0.254 e. The van der Waals surface area contributed by atoms with Crippen molar-refractivity contribution >= 4 is 11.8 Å². The fourth-order valence-electron chi connectivity index (χ4n) is 4.09. The number of rotatable bonds is 10. The highest BCUT2D eigenvalue weighted by atomic mass is 19.1. The predicted molar refractivity (Wildman–Crippen MR) is 139 cm³/mol. The van der Waals surface area contributed by atoms with E-state index in [0.717, 1.165) is 5.69 Å². The minimum atomic E-state index is -0.471. The lowest BCUT2D eigenvalue weighted by Crippen LogP contribution is -2.50. The summed E-state index contributed by atoms with van der Waals surface area (Å²) in [4.78, 5) is 30.0. The number of aromatic nitrogens is 1. The van der Waals surface area contributed by atoms with Crippen molar-refractivity contribution in [3.63, 3.8) is 0 Å². The standard InChI is InChI=1S/C29H36FN3O3/c1-22-8-6-9-23(18-22)19-31-15-7-10-26(31)20-33(29(2,3)4)27(34)21-32(16-17-36-5)28(35)24-11-13-25(30)14-12-24/h6-15,18H,16-17,19-21H2,1-5H3. The average molecular weight is 494 g/mol. The molecule has 2 amide bonds. The summed E-state index contributed by atoms with van der Waals surface area (Å²) in [5, 5.41) is 0. The number of nitrogens with zero attached hydrogens (tertiary/aromatic N) is 3. The van der Waals surface area contributed by atoms with Crippen molar-refractivity contribution in [3.8, 4) is 0 Å². The molecule has 0 atom stereocenters. The van der Waals surface area contributed by atoms with Crippen molar-refractivity contribution in [2.45, 2.75) is 46.3 Å². The quantitative estimate of drug-likeness (QED) is 0.404. The first-order valence-electron chi connectivity index (χ1n) is 12.1. The molecular weight excluding hydrogens is 457 g/mol. The van der Waals surface area contributed by atoms with Gasteiger partial charge in [-0.1, -0.05) is 29.8 Å². The Morgan fingerprint density at radius 1 is 1.03 bits per heavy atom. The van der Waals surface area contributed by atoms with E-state index in [4.69, 9.17) is 4.74 Å². The summed E-state index contributed by atoms with van der Waals surface area (Å²) in [6.45, 7) is 9.58. The summed E-state index contributed by atoms with van der Waals surface area (Å²) in [5.41, 5.74) is 3.26. The Morgan fingerprint density at radius 3 is 2.39 bits per heavy atom. The lowest BCUT2D eigenvalue weighted by atomic mass is 10.0. The number of carbonyl (C=O) groups excluding carboxylic acids is 2. The van der Waals surface area contributed by atoms with E-state index in [2.05, 4.69) is 29.7 Å². The van der Waals surface area contributed by atoms with Gasteiger partial charge in [-0.05, 0) is 69.7 Å². The third-order valence-electron chi connectivity index (χ3n) is 6.06. The molecule has 6 nitrogen and oxygen atoms in total. The molecule has 3 rings (SSSR count). The zero-order valence-corrected chi connectivity index (χ0v) is 21.8. The van der Waals surface area contributed by atoms with Crippen molar-refractivity contribution in [2.75, 3.05) is 26.8 Å². The Kier molecular flexibility index (Phi) is 9.04. The first-order valence-corrected chi connectivity index (χ1v) is 12.1. The molecule has 192 valence electrons. The lowest BCUT2D eigenvalue weighted by molar-refractivity contribution is -0.137. The van der Waals surface area contributed by atoms with Gasteiger partial charge < -0.3 is 19.1 Å². The second-order valence-electron chi connectivity index (χ2n) is 9.99. The summed E-state index contributed by atoms with van der Waals surface area (Å²) in [6, 6.07) is 17.7. The molecule has 0 fully saturated rings. The Morgan fingerprint density at radius 2 is 1.75 bits per heavy atom. The Hall–Kier alpha value is -3.45. The number of ether oxygens (including phenoxy) is 1. The third-order valence-corrected chi connectivity index (χ3v) is 6.06. The molecule has 0 saturated carbocycles. The number of hydrogen-bond donors (Lipinski definition) is 0. The number of methoxy groups -OCH3 is 1. The number of amides is 2. The van der Waals surface area contributed by atoms with E-state index >= 15 is 0 Å². The van der Waals surface area contributed by atoms with Gasteiger partial charge in [-0.2, -0.15) is 0 Å². The summed E-state index contributed by atoms with van der Waals surface area (Å²) in [6.07, 6.45) is 2.02. The number of hydrogen-bond acceptors (Lipinski definition) is 3. The van der Waals surface area contributed by atoms with E-state index in [1.807, 2.05) is 45.2 Å². The van der Waals surface area contributed by atoms with Crippen LogP contribution >= 0.6 is 0 Å². The van der Waals surface area contributed by atoms with Gasteiger partial charge in [0.15, 0.2) is 0 Å². The van der Waals surface area contributed by atoms with Crippen LogP contribution in [-0.2, 0) is 22.6 Å². The molecule has 2 aromatic carbocycles. The van der Waals surface area contributed by atoms with Gasteiger partial charge in [0.1, 0.15) is 12.4 Å². The third kappa shape index (κ3) is 7.28. The fourth-order valence-corrected chi connectivity index (χ4v) is 4.09. The molecule has 36 heavy (non-hydrogen) atoms. The van der Waals surface area contributed by atoms with E-state index in [-0.39, 0.29) is 31.5 Å². The Labute approximate surface area is 213 Å². The Bertz CT molecular complexity index is 1170. The number of carbonyl (C=O) groups is 2. The molecule has 0 radical (unpaired) electrons. The van der Waals surface area contributed by atoms with Gasteiger partial charge in [0.25, 0.3) is 5.91 Å². The largest absolute Gasteiger partial charge is 0.383 e. The summed E-state index contributed by atoms with van der Waals surface area (Å²) in [7, 11) is 1.55. The molecule has 0 bridgehead atoms. The molecule has 0 spiro atoms. The van der Waals surface area contributed by atoms with E-state index in [9.17, 15) is 14.0 Å². The molecule has 0 aliphatic rings. The number of halogens is 1. The van der Waals surface area contributed by atoms with Crippen molar-refractivity contribution in [3.05, 3.63) is 95.1 Å². The first-order chi connectivity index (χ1) is 17.1. The highest BCUT2D eigenvalue weighted by molar-refractivity contribution is 5.96. The van der Waals surface area contributed by atoms with E-state index in [1.54, 1.807) is 12.0 Å². The van der Waals surface area contributed by atoms with E-state index < -0.39 is 11.4 Å². The minimum absolute atomic E-state index is 0.102. The van der Waals surface area contributed by atoms with Crippen LogP contribution in [0, 0.1) is 12.7 Å². The molecule has 0 N–H and O–H groups in total. The number of benzene rings is 2. The second kappa shape index (κ2) is 12.0. The van der Waals surface area contributed by atoms with Crippen LogP contribution in [0.4, 0.5) is 4.39 Å². The fraction of sp³-hybridized carbons (Fsp3) is 0.379. The van der Waals surface area contributed by atoms with Crippen molar-refractivity contribution < 1.29 is 18.7 Å². The SMILES string of the molecule is COCCN(CC(=O)N(Cc1cccn1Cc1cccc(C)c1)C(C)(C)C)C(=O)c1ccc(F)cc1. The minimum Gasteiger partial charge on any atom is -0.383 e. The average Bonchev–Trinajstić information content (AvgIpc) is 3.26. The van der Waals surface area contributed by atoms with Crippen LogP contribution in [0.15, 0.2) is 66.9 Å². The smallest absolute Gasteiger partial charge is 0.254 e. The summed E-state index contributed by atoms with van der Waals surface area (Å²) >= 11 is 0. The van der Waals surface area contributed by atoms with Gasteiger partial charge in [0.05, 0.1) is 13.2 Å². The van der Waals surface area contributed by atoms with Crippen LogP contribution in [0.2, 0.25) is 0 Å². The molecule has 1 aromatic heterocycles. The van der Waals surface area contributed by atoms with Crippen LogP contribution in [0.1, 0.15) is 48.0 Å². The van der Waals surface area contributed by atoms with Crippen LogP contribution in [0.3, 0.4) is 0 Å². The molecule has 0 aliphatic carbocycles. The number of aryl methyl sites for hydroxylation is 1. The van der Waals surface area contributed by atoms with Crippen LogP contribution < -0.4 is 0 Å². The van der Waals surface area contributed by atoms with Crippen LogP contribution in [0.25, 0.3) is 0 Å². The highest BCUT2D eigenvalue weighted by Crippen LogP contribution is 2.20. The van der Waals surface area contributed by atoms with Gasteiger partial charge in [-0.25, -0.2) is 4.39 Å². The lowest BCUT2D eigenvalue weighted by Gasteiger charge is -2.37. The summed E-state index contributed by atoms with van der Waals surface area (Å²) < 4.78 is 20.7. The highest BCUT2D eigenvalue weighted by Gasteiger charge is 2.30. The predicted octanol–water partition coefficient (Wildman–Crippen LogP) is 4.90. The molecule has 7 heteroatoms. The first kappa shape index (κ1) is 27.1. The maximum absolute atomic E-state index is 13.6. The van der Waals surface area contributed by atoms with Gasteiger partial charge in [-0.15, -0.1) is 0 Å². The van der Waals surface area contributed by atoms with E-state index in [0.29, 0.717) is 18.7 Å². The molecule has 0 saturated heterocycles. The summed E-state index contributed by atoms with van der Waals surface area (Å²) in [5.74, 6) is -0.923. The Balaban J connectivity index is 1.80. The van der Waals surface area contributed by atoms with Crippen molar-refractivity contribution in [1.82, 2.24) is 14.4 Å². The van der Waals surface area contributed by atoms with Gasteiger partial charge >= 0.3 is 0 Å². The van der Waals surface area contributed by atoms with Crippen molar-refractivity contribution in [1.29, 1.82) is 0 Å². The van der Waals surface area contributed by atoms with Crippen LogP contribution in [0.5, 0.6) is 0 Å². The zero-order chi connectivity index (χ0) is 26.3. The molecule has 0 unspecified atom stereocenters. The zero-order valence-electron chi connectivity index (χ0n) is 21.8. The van der Waals surface area contributed by atoms with Crippen LogP contribution in [-0.4, -0.2) is 58.5 Å². The molecule has 1 heterocycles. The molecule has 3 aromatic rings. The van der Waals surface area contributed by atoms with Crippen molar-refractivity contribution in [2.24, 2.45) is 0 Å². The normalized spacial score (nSPS) is 11.4. The molecule has 0 aliphatic heterocycles. The monoisotopic (exact) mass is 493 g/mol. The van der Waals surface area contributed by atoms with Gasteiger partial charge in [0, 0.05) is 43.2 Å². The topological polar surface area (TPSA) is 54.8 Å². The van der Waals surface area contributed by atoms with Gasteiger partial charge in [0.2, 0.25) is 5.91 Å². The van der Waals surface area contributed by atoms with E-state index in [1.165, 1.54) is 40.3 Å².